The molecule has 0 N–H and O–H groups in total. The summed E-state index contributed by atoms with van der Waals surface area (Å²) in [6.45, 7) is 1.93. The number of nitrogens with zero attached hydrogens (tertiary/aromatic N) is 4. The summed E-state index contributed by atoms with van der Waals surface area (Å²) in [6.07, 6.45) is 1.74. The predicted molar refractivity (Wildman–Crippen MR) is 101 cm³/mol. The number of halogens is 5. The molecule has 4 nitrogen and oxygen atoms in total. The molecule has 0 bridgehead atoms. The third-order valence-electron chi connectivity index (χ3n) is 3.72. The van der Waals surface area contributed by atoms with E-state index in [1.165, 1.54) is 17.4 Å². The van der Waals surface area contributed by atoms with Crippen LogP contribution in [0.3, 0.4) is 0 Å². The molecule has 4 rings (SSSR count). The predicted octanol–water partition coefficient (Wildman–Crippen LogP) is 5.61. The highest BCUT2D eigenvalue weighted by Gasteiger charge is 2.38. The molecule has 0 unspecified atom stereocenters. The van der Waals surface area contributed by atoms with Gasteiger partial charge in [-0.3, -0.25) is 0 Å². The second kappa shape index (κ2) is 7.02. The number of thioether (sulfide) groups is 1. The monoisotopic (exact) mass is 444 g/mol. The second-order valence-electron chi connectivity index (χ2n) is 5.75. The van der Waals surface area contributed by atoms with E-state index in [0.717, 1.165) is 32.3 Å². The molecule has 0 atom stereocenters. The number of hydrogen-bond donors (Lipinski definition) is 0. The number of rotatable bonds is 3. The summed E-state index contributed by atoms with van der Waals surface area (Å²) in [5.74, 6) is -2.52. The van der Waals surface area contributed by atoms with E-state index in [4.69, 9.17) is 11.6 Å². The molecular weight excluding hydrogens is 436 g/mol. The lowest BCUT2D eigenvalue weighted by Crippen LogP contribution is -2.18. The minimum atomic E-state index is -3.81. The standard InChI is InChI=1S/C17H9ClF4N4S2/c1-8-2-4-10(27-8)7-13-14(11-5-3-9(19)6-12(11)20)25-26-15(17(18,21)22)23-24-16(26)28-13/h2-7H,1H3. The van der Waals surface area contributed by atoms with Crippen molar-refractivity contribution in [3.8, 4) is 0 Å². The van der Waals surface area contributed by atoms with E-state index >= 15 is 0 Å². The fourth-order valence-electron chi connectivity index (χ4n) is 2.52. The van der Waals surface area contributed by atoms with E-state index in [0.29, 0.717) is 11.0 Å². The lowest BCUT2D eigenvalue weighted by molar-refractivity contribution is 0.0799. The van der Waals surface area contributed by atoms with Crippen LogP contribution in [0.25, 0.3) is 6.08 Å². The fourth-order valence-corrected chi connectivity index (χ4v) is 4.46. The van der Waals surface area contributed by atoms with Gasteiger partial charge in [0.15, 0.2) is 0 Å². The summed E-state index contributed by atoms with van der Waals surface area (Å²) in [6, 6.07) is 6.75. The smallest absolute Gasteiger partial charge is 0.207 e. The van der Waals surface area contributed by atoms with Crippen molar-refractivity contribution in [1.29, 1.82) is 0 Å². The summed E-state index contributed by atoms with van der Waals surface area (Å²) in [7, 11) is 0. The van der Waals surface area contributed by atoms with Crippen LogP contribution >= 0.6 is 34.7 Å². The number of hydrogen-bond acceptors (Lipinski definition) is 5. The third kappa shape index (κ3) is 3.59. The van der Waals surface area contributed by atoms with Gasteiger partial charge in [0.2, 0.25) is 11.0 Å². The Labute approximate surface area is 169 Å². The topological polar surface area (TPSA) is 43.1 Å². The third-order valence-corrected chi connectivity index (χ3v) is 5.81. The first kappa shape index (κ1) is 19.2. The molecule has 1 aliphatic heterocycles. The summed E-state index contributed by atoms with van der Waals surface area (Å²) in [5, 5.41) is 7.46. The van der Waals surface area contributed by atoms with Gasteiger partial charge in [-0.2, -0.15) is 18.6 Å². The summed E-state index contributed by atoms with van der Waals surface area (Å²) >= 11 is 7.56. The van der Waals surface area contributed by atoms with E-state index in [1.807, 2.05) is 19.1 Å². The minimum Gasteiger partial charge on any atom is -0.207 e. The molecule has 0 saturated carbocycles. The Morgan fingerprint density at radius 2 is 1.93 bits per heavy atom. The minimum absolute atomic E-state index is 0.0445. The van der Waals surface area contributed by atoms with Gasteiger partial charge in [-0.25, -0.2) is 8.78 Å². The number of aromatic nitrogens is 3. The maximum absolute atomic E-state index is 14.4. The Bertz CT molecular complexity index is 1130. The first-order valence-electron chi connectivity index (χ1n) is 7.76. The van der Waals surface area contributed by atoms with E-state index in [-0.39, 0.29) is 16.4 Å². The molecular formula is C17H9ClF4N4S2. The normalized spacial score (nSPS) is 15.6. The Hall–Kier alpha value is -2.17. The Morgan fingerprint density at radius 3 is 2.57 bits per heavy atom. The Morgan fingerprint density at radius 1 is 1.14 bits per heavy atom. The van der Waals surface area contributed by atoms with Crippen molar-refractivity contribution in [3.63, 3.8) is 0 Å². The number of fused-ring (bicyclic) bond motifs is 1. The molecule has 0 amide bonds. The molecule has 0 fully saturated rings. The maximum Gasteiger partial charge on any atom is 0.383 e. The molecule has 0 saturated heterocycles. The average molecular weight is 445 g/mol. The van der Waals surface area contributed by atoms with Gasteiger partial charge in [0.1, 0.15) is 17.3 Å². The first-order valence-corrected chi connectivity index (χ1v) is 9.77. The highest BCUT2D eigenvalue weighted by Crippen LogP contribution is 2.40. The van der Waals surface area contributed by atoms with Crippen LogP contribution in [0.1, 0.15) is 21.1 Å². The van der Waals surface area contributed by atoms with Gasteiger partial charge < -0.3 is 0 Å². The SMILES string of the molecule is Cc1ccc(C=C2Sc3nnc(C(F)(F)Cl)n3N=C2c2ccc(F)cc2F)s1. The van der Waals surface area contributed by atoms with Gasteiger partial charge in [-0.05, 0) is 60.6 Å². The van der Waals surface area contributed by atoms with Crippen molar-refractivity contribution in [2.24, 2.45) is 5.10 Å². The van der Waals surface area contributed by atoms with Crippen molar-refractivity contribution in [2.75, 3.05) is 0 Å². The van der Waals surface area contributed by atoms with Gasteiger partial charge in [-0.1, -0.05) is 0 Å². The number of thiophene rings is 1. The van der Waals surface area contributed by atoms with Gasteiger partial charge in [0.05, 0.1) is 0 Å². The van der Waals surface area contributed by atoms with E-state index < -0.39 is 22.8 Å². The van der Waals surface area contributed by atoms with Gasteiger partial charge >= 0.3 is 5.38 Å². The zero-order valence-corrected chi connectivity index (χ0v) is 16.3. The van der Waals surface area contributed by atoms with Crippen LogP contribution in [-0.4, -0.2) is 20.6 Å². The molecule has 0 radical (unpaired) electrons. The van der Waals surface area contributed by atoms with Gasteiger partial charge in [0.25, 0.3) is 0 Å². The van der Waals surface area contributed by atoms with Crippen molar-refractivity contribution in [3.05, 3.63) is 68.0 Å². The van der Waals surface area contributed by atoms with Crippen molar-refractivity contribution < 1.29 is 17.6 Å². The van der Waals surface area contributed by atoms with E-state index in [1.54, 1.807) is 6.08 Å². The van der Waals surface area contributed by atoms with Crippen molar-refractivity contribution >= 4 is 46.5 Å². The second-order valence-corrected chi connectivity index (χ2v) is 8.55. The van der Waals surface area contributed by atoms with Gasteiger partial charge in [-0.15, -0.1) is 21.5 Å². The van der Waals surface area contributed by atoms with Crippen LogP contribution in [0.15, 0.2) is 45.5 Å². The lowest BCUT2D eigenvalue weighted by Gasteiger charge is -2.18. The number of allylic oxidation sites excluding steroid dienone is 1. The molecule has 2 aromatic heterocycles. The molecule has 3 aromatic rings. The number of alkyl halides is 3. The highest BCUT2D eigenvalue weighted by atomic mass is 35.5. The van der Waals surface area contributed by atoms with Crippen LogP contribution in [0.5, 0.6) is 0 Å². The lowest BCUT2D eigenvalue weighted by atomic mass is 10.1. The quantitative estimate of drug-likeness (QED) is 0.389. The molecule has 0 aliphatic carbocycles. The van der Waals surface area contributed by atoms with Crippen LogP contribution < -0.4 is 0 Å². The maximum atomic E-state index is 14.4. The van der Waals surface area contributed by atoms with Crippen LogP contribution in [-0.2, 0) is 5.38 Å². The van der Waals surface area contributed by atoms with Crippen molar-refractivity contribution in [1.82, 2.24) is 14.9 Å². The Kier molecular flexibility index (Phi) is 4.80. The van der Waals surface area contributed by atoms with Crippen LogP contribution in [0, 0.1) is 18.6 Å². The zero-order chi connectivity index (χ0) is 20.1. The molecule has 28 heavy (non-hydrogen) atoms. The van der Waals surface area contributed by atoms with Crippen molar-refractivity contribution in [2.45, 2.75) is 17.5 Å². The molecule has 1 aromatic carbocycles. The number of aryl methyl sites for hydroxylation is 1. The summed E-state index contributed by atoms with van der Waals surface area (Å²) < 4.78 is 55.7. The molecule has 3 heterocycles. The largest absolute Gasteiger partial charge is 0.383 e. The average Bonchev–Trinajstić information content (AvgIpc) is 3.20. The number of benzene rings is 1. The van der Waals surface area contributed by atoms with E-state index in [9.17, 15) is 17.6 Å². The Balaban J connectivity index is 1.91. The first-order chi connectivity index (χ1) is 13.2. The summed E-state index contributed by atoms with van der Waals surface area (Å²) in [5.41, 5.74) is -0.000337. The molecule has 0 spiro atoms. The molecule has 11 heteroatoms. The van der Waals surface area contributed by atoms with Crippen LogP contribution in [0.2, 0.25) is 0 Å². The molecule has 144 valence electrons. The summed E-state index contributed by atoms with van der Waals surface area (Å²) in [4.78, 5) is 2.37. The fraction of sp³-hybridized carbons (Fsp3) is 0.118. The zero-order valence-electron chi connectivity index (χ0n) is 14.0. The van der Waals surface area contributed by atoms with Crippen LogP contribution in [0.4, 0.5) is 17.6 Å². The molecule has 1 aliphatic rings. The van der Waals surface area contributed by atoms with Gasteiger partial charge in [0, 0.05) is 26.3 Å². The highest BCUT2D eigenvalue weighted by molar-refractivity contribution is 8.04. The van der Waals surface area contributed by atoms with E-state index in [2.05, 4.69) is 15.3 Å².